The number of nitrogens with zero attached hydrogens (tertiary/aromatic N) is 2. The lowest BCUT2D eigenvalue weighted by molar-refractivity contribution is 0.0695. The Labute approximate surface area is 113 Å². The molecule has 2 rings (SSSR count). The predicted octanol–water partition coefficient (Wildman–Crippen LogP) is 3.02. The Balaban J connectivity index is 2.31. The maximum Gasteiger partial charge on any atom is 0.339 e. The summed E-state index contributed by atoms with van der Waals surface area (Å²) in [5.74, 6) is -1.52. The normalized spacial score (nSPS) is 10.3. The Morgan fingerprint density at radius 3 is 2.84 bits per heavy atom. The summed E-state index contributed by atoms with van der Waals surface area (Å²) in [6.07, 6.45) is 1.16. The molecule has 0 aliphatic rings. The van der Waals surface area contributed by atoms with Gasteiger partial charge >= 0.3 is 5.97 Å². The molecule has 0 unspecified atom stereocenters. The molecule has 0 spiro atoms. The number of anilines is 2. The lowest BCUT2D eigenvalue weighted by Gasteiger charge is -2.07. The van der Waals surface area contributed by atoms with Crippen molar-refractivity contribution in [1.82, 2.24) is 9.97 Å². The van der Waals surface area contributed by atoms with Crippen LogP contribution in [-0.4, -0.2) is 21.0 Å². The summed E-state index contributed by atoms with van der Waals surface area (Å²) < 4.78 is 13.5. The Hall–Kier alpha value is -2.21. The molecule has 0 aliphatic heterocycles. The molecule has 0 saturated carbocycles. The minimum Gasteiger partial charge on any atom is -0.478 e. The highest BCUT2D eigenvalue weighted by atomic mass is 35.5. The quantitative estimate of drug-likeness (QED) is 0.904. The summed E-state index contributed by atoms with van der Waals surface area (Å²) in [5.41, 5.74) is 0.402. The van der Waals surface area contributed by atoms with Gasteiger partial charge in [0.15, 0.2) is 0 Å². The Morgan fingerprint density at radius 2 is 2.21 bits per heavy atom. The van der Waals surface area contributed by atoms with Gasteiger partial charge in [-0.1, -0.05) is 11.6 Å². The van der Waals surface area contributed by atoms with Crippen LogP contribution in [0.25, 0.3) is 0 Å². The van der Waals surface area contributed by atoms with Gasteiger partial charge in [-0.05, 0) is 25.1 Å². The topological polar surface area (TPSA) is 75.1 Å². The van der Waals surface area contributed by atoms with Crippen LogP contribution in [0, 0.1) is 12.7 Å². The van der Waals surface area contributed by atoms with Gasteiger partial charge in [-0.3, -0.25) is 0 Å². The number of aromatic nitrogens is 2. The maximum absolute atomic E-state index is 13.5. The smallest absolute Gasteiger partial charge is 0.339 e. The standard InChI is InChI=1S/C12H9ClFN3O2/c1-6-8(11(18)19)5-15-12(16-6)17-10-4-7(13)2-3-9(10)14/h2-5H,1H3,(H,18,19)(H,15,16,17). The van der Waals surface area contributed by atoms with Crippen LogP contribution in [0.3, 0.4) is 0 Å². The molecule has 0 amide bonds. The monoisotopic (exact) mass is 281 g/mol. The second-order valence-corrected chi connectivity index (χ2v) is 4.18. The van der Waals surface area contributed by atoms with Gasteiger partial charge in [0.05, 0.1) is 16.9 Å². The first-order valence-corrected chi connectivity index (χ1v) is 5.64. The Morgan fingerprint density at radius 1 is 1.47 bits per heavy atom. The van der Waals surface area contributed by atoms with Crippen molar-refractivity contribution in [3.8, 4) is 0 Å². The van der Waals surface area contributed by atoms with Gasteiger partial charge in [-0.15, -0.1) is 0 Å². The second-order valence-electron chi connectivity index (χ2n) is 3.75. The molecule has 0 fully saturated rings. The molecule has 1 heterocycles. The number of rotatable bonds is 3. The molecular weight excluding hydrogens is 273 g/mol. The molecule has 0 aliphatic carbocycles. The average molecular weight is 282 g/mol. The van der Waals surface area contributed by atoms with Crippen LogP contribution in [0.4, 0.5) is 16.0 Å². The summed E-state index contributed by atoms with van der Waals surface area (Å²) >= 11 is 5.76. The molecule has 0 radical (unpaired) electrons. The van der Waals surface area contributed by atoms with Crippen LogP contribution >= 0.6 is 11.6 Å². The molecule has 19 heavy (non-hydrogen) atoms. The number of aromatic carboxylic acids is 1. The van der Waals surface area contributed by atoms with Crippen LogP contribution in [0.1, 0.15) is 16.1 Å². The van der Waals surface area contributed by atoms with Crippen molar-refractivity contribution in [3.63, 3.8) is 0 Å². The van der Waals surface area contributed by atoms with Gasteiger partial charge in [0.1, 0.15) is 5.82 Å². The van der Waals surface area contributed by atoms with Crippen LogP contribution in [0.15, 0.2) is 24.4 Å². The van der Waals surface area contributed by atoms with Gasteiger partial charge in [-0.25, -0.2) is 19.2 Å². The number of benzene rings is 1. The highest BCUT2D eigenvalue weighted by Gasteiger charge is 2.11. The van der Waals surface area contributed by atoms with Crippen molar-refractivity contribution in [2.75, 3.05) is 5.32 Å². The lowest BCUT2D eigenvalue weighted by Crippen LogP contribution is -2.06. The molecule has 0 bridgehead atoms. The van der Waals surface area contributed by atoms with Crippen LogP contribution in [0.2, 0.25) is 5.02 Å². The van der Waals surface area contributed by atoms with E-state index in [-0.39, 0.29) is 22.9 Å². The summed E-state index contributed by atoms with van der Waals surface area (Å²) in [6, 6.07) is 4.02. The minimum absolute atomic E-state index is 0.00267. The highest BCUT2D eigenvalue weighted by molar-refractivity contribution is 6.30. The number of carboxylic acids is 1. The largest absolute Gasteiger partial charge is 0.478 e. The number of halogens is 2. The first-order valence-electron chi connectivity index (χ1n) is 5.26. The summed E-state index contributed by atoms with van der Waals surface area (Å²) in [7, 11) is 0. The highest BCUT2D eigenvalue weighted by Crippen LogP contribution is 2.22. The maximum atomic E-state index is 13.5. The molecule has 2 aromatic rings. The number of hydrogen-bond acceptors (Lipinski definition) is 4. The molecule has 1 aromatic carbocycles. The molecule has 7 heteroatoms. The van der Waals surface area contributed by atoms with E-state index in [1.165, 1.54) is 25.1 Å². The molecule has 98 valence electrons. The van der Waals surface area contributed by atoms with E-state index in [4.69, 9.17) is 16.7 Å². The zero-order valence-corrected chi connectivity index (χ0v) is 10.6. The average Bonchev–Trinajstić information content (AvgIpc) is 2.33. The molecular formula is C12H9ClFN3O2. The van der Waals surface area contributed by atoms with Crippen LogP contribution in [-0.2, 0) is 0 Å². The summed E-state index contributed by atoms with van der Waals surface area (Å²) in [6.45, 7) is 1.53. The third kappa shape index (κ3) is 2.97. The van der Waals surface area contributed by atoms with Crippen molar-refractivity contribution in [3.05, 3.63) is 46.5 Å². The number of carboxylic acid groups (broad SMARTS) is 1. The van der Waals surface area contributed by atoms with E-state index < -0.39 is 11.8 Å². The van der Waals surface area contributed by atoms with Crippen LogP contribution in [0.5, 0.6) is 0 Å². The van der Waals surface area contributed by atoms with Gasteiger partial charge in [0, 0.05) is 11.2 Å². The van der Waals surface area contributed by atoms with E-state index in [1.54, 1.807) is 0 Å². The van der Waals surface area contributed by atoms with Crippen molar-refractivity contribution < 1.29 is 14.3 Å². The minimum atomic E-state index is -1.11. The number of aryl methyl sites for hydroxylation is 1. The van der Waals surface area contributed by atoms with E-state index in [0.717, 1.165) is 6.20 Å². The number of nitrogens with one attached hydrogen (secondary N) is 1. The number of hydrogen-bond donors (Lipinski definition) is 2. The molecule has 2 N–H and O–H groups in total. The van der Waals surface area contributed by atoms with Gasteiger partial charge in [-0.2, -0.15) is 0 Å². The predicted molar refractivity (Wildman–Crippen MR) is 68.4 cm³/mol. The first kappa shape index (κ1) is 13.2. The third-order valence-corrected chi connectivity index (χ3v) is 2.62. The number of carbonyl (C=O) groups is 1. The molecule has 0 atom stereocenters. The van der Waals surface area contributed by atoms with E-state index in [0.29, 0.717) is 5.02 Å². The van der Waals surface area contributed by atoms with E-state index in [1.807, 2.05) is 0 Å². The SMILES string of the molecule is Cc1nc(Nc2cc(Cl)ccc2F)ncc1C(=O)O. The Bertz CT molecular complexity index is 649. The summed E-state index contributed by atoms with van der Waals surface area (Å²) in [5, 5.41) is 11.9. The van der Waals surface area contributed by atoms with Crippen molar-refractivity contribution in [2.45, 2.75) is 6.92 Å². The molecule has 1 aromatic heterocycles. The zero-order valence-electron chi connectivity index (χ0n) is 9.82. The lowest BCUT2D eigenvalue weighted by atomic mass is 10.2. The molecule has 5 nitrogen and oxygen atoms in total. The Kier molecular flexibility index (Phi) is 3.62. The van der Waals surface area contributed by atoms with Gasteiger partial charge in [0.2, 0.25) is 5.95 Å². The third-order valence-electron chi connectivity index (χ3n) is 2.38. The van der Waals surface area contributed by atoms with Gasteiger partial charge < -0.3 is 10.4 Å². The van der Waals surface area contributed by atoms with E-state index in [2.05, 4.69) is 15.3 Å². The van der Waals surface area contributed by atoms with Crippen LogP contribution < -0.4 is 5.32 Å². The van der Waals surface area contributed by atoms with Crippen molar-refractivity contribution in [2.24, 2.45) is 0 Å². The van der Waals surface area contributed by atoms with Crippen molar-refractivity contribution in [1.29, 1.82) is 0 Å². The second kappa shape index (κ2) is 5.19. The molecule has 0 saturated heterocycles. The van der Waals surface area contributed by atoms with E-state index >= 15 is 0 Å². The zero-order chi connectivity index (χ0) is 14.0. The van der Waals surface area contributed by atoms with Gasteiger partial charge in [0.25, 0.3) is 0 Å². The fourth-order valence-corrected chi connectivity index (χ4v) is 1.62. The fourth-order valence-electron chi connectivity index (χ4n) is 1.45. The first-order chi connectivity index (χ1) is 8.97. The van der Waals surface area contributed by atoms with Crippen molar-refractivity contribution >= 4 is 29.2 Å². The fraction of sp³-hybridized carbons (Fsp3) is 0.0833. The van der Waals surface area contributed by atoms with E-state index in [9.17, 15) is 9.18 Å². The summed E-state index contributed by atoms with van der Waals surface area (Å²) in [4.78, 5) is 18.6.